The normalized spacial score (nSPS) is 11.1. The molecule has 1 N–H and O–H groups in total. The number of hydrogen-bond donors (Lipinski definition) is 2. The van der Waals surface area contributed by atoms with Crippen molar-refractivity contribution in [3.05, 3.63) is 29.6 Å². The van der Waals surface area contributed by atoms with Crippen LogP contribution in [-0.2, 0) is 12.3 Å². The molecule has 0 atom stereocenters. The number of nitrogens with zero attached hydrogens (tertiary/aromatic N) is 2. The van der Waals surface area contributed by atoms with Gasteiger partial charge in [-0.05, 0) is 24.6 Å². The number of aliphatic hydroxyl groups excluding tert-OH is 1. The standard InChI is InChI=1S/C11H14N2OS/c1-8-2-3-10-9(6-8)12-11(7-15)13(10)4-5-14/h2-3,6,14-15H,4-5,7H2,1H3. The zero-order valence-corrected chi connectivity index (χ0v) is 9.54. The van der Waals surface area contributed by atoms with Crippen molar-refractivity contribution in [1.82, 2.24) is 9.55 Å². The van der Waals surface area contributed by atoms with Crippen LogP contribution in [0.15, 0.2) is 18.2 Å². The minimum atomic E-state index is 0.125. The highest BCUT2D eigenvalue weighted by atomic mass is 32.1. The van der Waals surface area contributed by atoms with Crippen molar-refractivity contribution in [3.63, 3.8) is 0 Å². The number of aliphatic hydroxyl groups is 1. The van der Waals surface area contributed by atoms with E-state index in [1.807, 2.05) is 17.6 Å². The summed E-state index contributed by atoms with van der Waals surface area (Å²) in [6.07, 6.45) is 0. The molecule has 0 saturated carbocycles. The Labute approximate surface area is 94.2 Å². The minimum absolute atomic E-state index is 0.125. The molecule has 3 nitrogen and oxygen atoms in total. The quantitative estimate of drug-likeness (QED) is 0.777. The summed E-state index contributed by atoms with van der Waals surface area (Å²) in [5, 5.41) is 9.00. The van der Waals surface area contributed by atoms with Gasteiger partial charge in [0.1, 0.15) is 5.82 Å². The number of aryl methyl sites for hydroxylation is 1. The van der Waals surface area contributed by atoms with Gasteiger partial charge >= 0.3 is 0 Å². The van der Waals surface area contributed by atoms with Crippen LogP contribution in [0.3, 0.4) is 0 Å². The Balaban J connectivity index is 2.63. The van der Waals surface area contributed by atoms with Crippen molar-refractivity contribution in [2.24, 2.45) is 0 Å². The molecule has 2 aromatic rings. The number of aromatic nitrogens is 2. The zero-order valence-electron chi connectivity index (χ0n) is 8.64. The number of imidazole rings is 1. The van der Waals surface area contributed by atoms with E-state index in [2.05, 4.69) is 29.7 Å². The lowest BCUT2D eigenvalue weighted by Crippen LogP contribution is -2.05. The van der Waals surface area contributed by atoms with Crippen molar-refractivity contribution in [1.29, 1.82) is 0 Å². The van der Waals surface area contributed by atoms with Gasteiger partial charge in [-0.25, -0.2) is 4.98 Å². The molecule has 1 aromatic carbocycles. The van der Waals surface area contributed by atoms with E-state index in [9.17, 15) is 0 Å². The smallest absolute Gasteiger partial charge is 0.119 e. The predicted molar refractivity (Wildman–Crippen MR) is 64.2 cm³/mol. The fourth-order valence-electron chi connectivity index (χ4n) is 1.76. The second-order valence-electron chi connectivity index (χ2n) is 3.55. The molecule has 0 radical (unpaired) electrons. The lowest BCUT2D eigenvalue weighted by molar-refractivity contribution is 0.276. The topological polar surface area (TPSA) is 38.0 Å². The first kappa shape index (κ1) is 10.5. The van der Waals surface area contributed by atoms with Gasteiger partial charge in [-0.1, -0.05) is 6.07 Å². The second-order valence-corrected chi connectivity index (χ2v) is 3.87. The van der Waals surface area contributed by atoms with Gasteiger partial charge in [0.25, 0.3) is 0 Å². The molecular formula is C11H14N2OS. The number of hydrogen-bond acceptors (Lipinski definition) is 3. The van der Waals surface area contributed by atoms with Gasteiger partial charge in [0, 0.05) is 12.3 Å². The van der Waals surface area contributed by atoms with Crippen LogP contribution in [0.1, 0.15) is 11.4 Å². The van der Waals surface area contributed by atoms with Gasteiger partial charge in [-0.15, -0.1) is 0 Å². The third-order valence-corrected chi connectivity index (χ3v) is 2.73. The molecule has 0 saturated heterocycles. The van der Waals surface area contributed by atoms with E-state index in [4.69, 9.17) is 5.11 Å². The molecule has 2 rings (SSSR count). The summed E-state index contributed by atoms with van der Waals surface area (Å²) in [6, 6.07) is 6.15. The predicted octanol–water partition coefficient (Wildman–Crippen LogP) is 1.77. The summed E-state index contributed by atoms with van der Waals surface area (Å²) in [5.74, 6) is 1.50. The van der Waals surface area contributed by atoms with Gasteiger partial charge in [0.05, 0.1) is 17.6 Å². The molecule has 1 aromatic heterocycles. The van der Waals surface area contributed by atoms with Gasteiger partial charge < -0.3 is 9.67 Å². The van der Waals surface area contributed by atoms with E-state index in [0.717, 1.165) is 16.9 Å². The van der Waals surface area contributed by atoms with Gasteiger partial charge in [-0.2, -0.15) is 12.6 Å². The summed E-state index contributed by atoms with van der Waals surface area (Å²) in [6.45, 7) is 2.75. The number of thiol groups is 1. The Morgan fingerprint density at radius 1 is 1.47 bits per heavy atom. The second kappa shape index (κ2) is 4.24. The average Bonchev–Trinajstić information content (AvgIpc) is 2.56. The largest absolute Gasteiger partial charge is 0.395 e. The average molecular weight is 222 g/mol. The number of benzene rings is 1. The van der Waals surface area contributed by atoms with E-state index in [1.54, 1.807) is 0 Å². The molecule has 0 bridgehead atoms. The summed E-state index contributed by atoms with van der Waals surface area (Å²) >= 11 is 4.24. The molecule has 0 aliphatic rings. The summed E-state index contributed by atoms with van der Waals surface area (Å²) < 4.78 is 2.02. The van der Waals surface area contributed by atoms with Gasteiger partial charge in [0.15, 0.2) is 0 Å². The minimum Gasteiger partial charge on any atom is -0.395 e. The highest BCUT2D eigenvalue weighted by Gasteiger charge is 2.08. The molecule has 0 aliphatic heterocycles. The summed E-state index contributed by atoms with van der Waals surface area (Å²) in [5.41, 5.74) is 3.24. The first-order valence-corrected chi connectivity index (χ1v) is 5.57. The third-order valence-electron chi connectivity index (χ3n) is 2.45. The van der Waals surface area contributed by atoms with Crippen molar-refractivity contribution in [2.75, 3.05) is 6.61 Å². The van der Waals surface area contributed by atoms with Crippen LogP contribution in [0.2, 0.25) is 0 Å². The van der Waals surface area contributed by atoms with Crippen LogP contribution in [0.4, 0.5) is 0 Å². The monoisotopic (exact) mass is 222 g/mol. The molecule has 0 amide bonds. The SMILES string of the molecule is Cc1ccc2c(c1)nc(CS)n2CCO. The molecule has 0 fully saturated rings. The Kier molecular flexibility index (Phi) is 2.98. The molecule has 4 heteroatoms. The number of rotatable bonds is 3. The van der Waals surface area contributed by atoms with E-state index in [1.165, 1.54) is 5.56 Å². The van der Waals surface area contributed by atoms with Crippen molar-refractivity contribution in [3.8, 4) is 0 Å². The van der Waals surface area contributed by atoms with Crippen molar-refractivity contribution >= 4 is 23.7 Å². The fraction of sp³-hybridized carbons (Fsp3) is 0.364. The maximum Gasteiger partial charge on any atom is 0.119 e. The molecule has 1 heterocycles. The Morgan fingerprint density at radius 3 is 2.93 bits per heavy atom. The van der Waals surface area contributed by atoms with Crippen molar-refractivity contribution in [2.45, 2.75) is 19.2 Å². The molecule has 0 spiro atoms. The molecule has 0 unspecified atom stereocenters. The number of fused-ring (bicyclic) bond motifs is 1. The summed E-state index contributed by atoms with van der Waals surface area (Å²) in [4.78, 5) is 4.49. The van der Waals surface area contributed by atoms with Gasteiger partial charge in [0.2, 0.25) is 0 Å². The van der Waals surface area contributed by atoms with Crippen LogP contribution < -0.4 is 0 Å². The zero-order chi connectivity index (χ0) is 10.8. The van der Waals surface area contributed by atoms with Crippen LogP contribution in [0.25, 0.3) is 11.0 Å². The van der Waals surface area contributed by atoms with Crippen LogP contribution in [-0.4, -0.2) is 21.3 Å². The Bertz CT molecular complexity index is 479. The lowest BCUT2D eigenvalue weighted by atomic mass is 10.2. The maximum atomic E-state index is 9.00. The summed E-state index contributed by atoms with van der Waals surface area (Å²) in [7, 11) is 0. The van der Waals surface area contributed by atoms with Crippen molar-refractivity contribution < 1.29 is 5.11 Å². The fourth-order valence-corrected chi connectivity index (χ4v) is 2.00. The van der Waals surface area contributed by atoms with Crippen LogP contribution in [0, 0.1) is 6.92 Å². The Morgan fingerprint density at radius 2 is 2.27 bits per heavy atom. The van der Waals surface area contributed by atoms with Crippen LogP contribution >= 0.6 is 12.6 Å². The highest BCUT2D eigenvalue weighted by molar-refractivity contribution is 7.79. The maximum absolute atomic E-state index is 9.00. The third kappa shape index (κ3) is 1.87. The molecule has 80 valence electrons. The Hall–Kier alpha value is -1.00. The van der Waals surface area contributed by atoms with Gasteiger partial charge in [-0.3, -0.25) is 0 Å². The van der Waals surface area contributed by atoms with E-state index in [0.29, 0.717) is 12.3 Å². The van der Waals surface area contributed by atoms with E-state index < -0.39 is 0 Å². The first-order valence-electron chi connectivity index (χ1n) is 4.93. The molecule has 0 aliphatic carbocycles. The first-order chi connectivity index (χ1) is 7.26. The van der Waals surface area contributed by atoms with Crippen LogP contribution in [0.5, 0.6) is 0 Å². The van der Waals surface area contributed by atoms with E-state index >= 15 is 0 Å². The molecule has 15 heavy (non-hydrogen) atoms. The van der Waals surface area contributed by atoms with E-state index in [-0.39, 0.29) is 6.61 Å². The molecular weight excluding hydrogens is 208 g/mol. The lowest BCUT2D eigenvalue weighted by Gasteiger charge is -2.04. The highest BCUT2D eigenvalue weighted by Crippen LogP contribution is 2.18.